The fraction of sp³-hybridized carbons (Fsp3) is 0.708. The van der Waals surface area contributed by atoms with Crippen molar-refractivity contribution in [2.24, 2.45) is 4.99 Å². The van der Waals surface area contributed by atoms with Gasteiger partial charge in [0, 0.05) is 0 Å². The second-order valence-corrected chi connectivity index (χ2v) is 34.7. The van der Waals surface area contributed by atoms with E-state index in [2.05, 4.69) is 49.9 Å². The molecule has 6 heteroatoms. The van der Waals surface area contributed by atoms with E-state index in [-0.39, 0.29) is 5.54 Å². The normalized spacial score (nSPS) is 16.3. The zero-order chi connectivity index (χ0) is 21.8. The van der Waals surface area contributed by atoms with E-state index < -0.39 is 17.0 Å². The van der Waals surface area contributed by atoms with Gasteiger partial charge in [-0.25, -0.2) is 0 Å². The summed E-state index contributed by atoms with van der Waals surface area (Å²) in [6.07, 6.45) is 12.1. The van der Waals surface area contributed by atoms with Crippen LogP contribution in [0.1, 0.15) is 82.6 Å². The number of hydrogen-bond donors (Lipinski definition) is 0. The molecule has 1 aliphatic heterocycles. The topological polar surface area (TPSA) is 21.6 Å². The molecule has 2 aromatic rings. The predicted octanol–water partition coefficient (Wildman–Crippen LogP) is 9.13. The number of unbranched alkanes of at least 4 members (excludes halogenated alkanes) is 7. The fourth-order valence-corrected chi connectivity index (χ4v) is 16.2. The van der Waals surface area contributed by atoms with Crippen molar-refractivity contribution in [2.75, 3.05) is 6.61 Å². The summed E-state index contributed by atoms with van der Waals surface area (Å²) in [7, 11) is 2.19. The van der Waals surface area contributed by atoms with Crippen LogP contribution in [0.4, 0.5) is 0 Å². The molecule has 0 unspecified atom stereocenters. The van der Waals surface area contributed by atoms with Crippen LogP contribution < -0.4 is 0 Å². The molecule has 0 radical (unpaired) electrons. The van der Waals surface area contributed by atoms with Crippen LogP contribution in [0.5, 0.6) is 0 Å². The third kappa shape index (κ3) is 6.89. The first-order valence-electron chi connectivity index (χ1n) is 11.6. The van der Waals surface area contributed by atoms with Gasteiger partial charge in [-0.3, -0.25) is 0 Å². The molecule has 0 aromatic carbocycles. The van der Waals surface area contributed by atoms with Crippen molar-refractivity contribution in [3.8, 4) is 0 Å². The van der Waals surface area contributed by atoms with Crippen molar-refractivity contribution in [1.82, 2.24) is 0 Å². The Balaban J connectivity index is 1.74. The molecular weight excluding hydrogens is 533 g/mol. The van der Waals surface area contributed by atoms with Crippen molar-refractivity contribution in [2.45, 2.75) is 104 Å². The summed E-state index contributed by atoms with van der Waals surface area (Å²) in [4.78, 5) is 15.3. The van der Waals surface area contributed by atoms with Crippen LogP contribution in [-0.2, 0) is 11.2 Å². The number of aliphatic imine (C=N–C) groups is 1. The summed E-state index contributed by atoms with van der Waals surface area (Å²) < 4.78 is 9.09. The Morgan fingerprint density at radius 1 is 1.03 bits per heavy atom. The van der Waals surface area contributed by atoms with Gasteiger partial charge in [0.05, 0.1) is 0 Å². The van der Waals surface area contributed by atoms with E-state index in [0.29, 0.717) is 6.61 Å². The number of nitrogens with zero attached hydrogens (tertiary/aromatic N) is 1. The summed E-state index contributed by atoms with van der Waals surface area (Å²) >= 11 is 1.93. The molecule has 0 saturated carbocycles. The molecule has 2 aromatic heterocycles. The molecule has 0 aliphatic carbocycles. The summed E-state index contributed by atoms with van der Waals surface area (Å²) in [5.41, 5.74) is 1.42. The van der Waals surface area contributed by atoms with Crippen LogP contribution >= 0.6 is 31.6 Å². The molecule has 0 fully saturated rings. The second kappa shape index (κ2) is 10.9. The van der Waals surface area contributed by atoms with Crippen molar-refractivity contribution >= 4 is 63.9 Å². The number of thiophene rings is 2. The van der Waals surface area contributed by atoms with Crippen molar-refractivity contribution in [3.63, 3.8) is 0 Å². The Labute approximate surface area is 198 Å². The predicted molar refractivity (Wildman–Crippen MR) is 142 cm³/mol. The van der Waals surface area contributed by atoms with E-state index >= 15 is 0 Å². The molecule has 0 bridgehead atoms. The van der Waals surface area contributed by atoms with Crippen LogP contribution in [0.15, 0.2) is 15.3 Å². The van der Waals surface area contributed by atoms with Crippen LogP contribution in [-0.4, -0.2) is 35.0 Å². The molecule has 0 saturated heterocycles. The summed E-state index contributed by atoms with van der Waals surface area (Å²) in [6.45, 7) is 7.33. The van der Waals surface area contributed by atoms with Crippen LogP contribution in [0.25, 0.3) is 9.40 Å². The maximum atomic E-state index is 6.09. The summed E-state index contributed by atoms with van der Waals surface area (Å²) in [5, 5.41) is 2.41. The average Bonchev–Trinajstić information content (AvgIpc) is 3.31. The third-order valence-electron chi connectivity index (χ3n) is 5.32. The number of rotatable bonds is 12. The zero-order valence-electron chi connectivity index (χ0n) is 19.7. The van der Waals surface area contributed by atoms with Crippen molar-refractivity contribution in [1.29, 1.82) is 0 Å². The number of ether oxygens (including phenoxy) is 1. The van der Waals surface area contributed by atoms with Gasteiger partial charge in [-0.15, -0.1) is 0 Å². The Bertz CT molecular complexity index is 860. The maximum absolute atomic E-state index is 6.09. The molecule has 168 valence electrons. The Hall–Kier alpha value is 0.279. The van der Waals surface area contributed by atoms with E-state index in [1.54, 1.807) is 0 Å². The molecule has 3 heterocycles. The summed E-state index contributed by atoms with van der Waals surface area (Å²) in [6, 6.07) is 0. The molecule has 3 rings (SSSR count). The molecule has 0 spiro atoms. The minimum atomic E-state index is -1.96. The van der Waals surface area contributed by atoms with Gasteiger partial charge < -0.3 is 0 Å². The van der Waals surface area contributed by atoms with Gasteiger partial charge in [0.15, 0.2) is 0 Å². The Kier molecular flexibility index (Phi) is 9.08. The van der Waals surface area contributed by atoms with E-state index in [1.807, 2.05) is 22.7 Å². The second-order valence-electron chi connectivity index (χ2n) is 10.1. The van der Waals surface area contributed by atoms with Gasteiger partial charge in [-0.2, -0.15) is 0 Å². The monoisotopic (exact) mass is 573 g/mol. The van der Waals surface area contributed by atoms with Gasteiger partial charge in [-0.1, -0.05) is 19.8 Å². The van der Waals surface area contributed by atoms with E-state index in [0.717, 1.165) is 12.3 Å². The number of hydrogen-bond acceptors (Lipinski definition) is 5. The van der Waals surface area contributed by atoms with E-state index in [4.69, 9.17) is 9.73 Å². The first-order chi connectivity index (χ1) is 14.2. The number of aryl methyl sites for hydroxylation is 1. The van der Waals surface area contributed by atoms with Crippen molar-refractivity contribution < 1.29 is 4.74 Å². The van der Waals surface area contributed by atoms with Gasteiger partial charge in [0.25, 0.3) is 0 Å². The summed E-state index contributed by atoms with van der Waals surface area (Å²) in [5.74, 6) is 0.901. The van der Waals surface area contributed by atoms with Gasteiger partial charge in [0.1, 0.15) is 0 Å². The zero-order valence-corrected chi connectivity index (χ0v) is 25.0. The first kappa shape index (κ1) is 24.9. The van der Waals surface area contributed by atoms with Gasteiger partial charge in [-0.05, 0) is 0 Å². The van der Waals surface area contributed by atoms with E-state index in [1.165, 1.54) is 76.1 Å². The SMILES string of the molecule is CCCCCCCCCCc1c(C2=NC(C)(C)CO2)sc2c([S][Sn]([CH3])([CH3])[CH3])csc12. The van der Waals surface area contributed by atoms with Crippen molar-refractivity contribution in [3.05, 3.63) is 15.8 Å². The molecule has 30 heavy (non-hydrogen) atoms. The Morgan fingerprint density at radius 2 is 1.70 bits per heavy atom. The first-order valence-corrected chi connectivity index (χ1v) is 26.2. The fourth-order valence-electron chi connectivity index (χ4n) is 3.84. The Morgan fingerprint density at radius 3 is 2.30 bits per heavy atom. The molecule has 0 amide bonds. The third-order valence-corrected chi connectivity index (χ3v) is 16.3. The quantitative estimate of drug-likeness (QED) is 0.187. The van der Waals surface area contributed by atoms with Crippen LogP contribution in [0.3, 0.4) is 0 Å². The van der Waals surface area contributed by atoms with Crippen LogP contribution in [0, 0.1) is 0 Å². The minimum absolute atomic E-state index is 0.0953. The molecule has 0 atom stereocenters. The van der Waals surface area contributed by atoms with E-state index in [9.17, 15) is 0 Å². The van der Waals surface area contributed by atoms with Gasteiger partial charge >= 0.3 is 180 Å². The molecule has 0 N–H and O–H groups in total. The molecule has 2 nitrogen and oxygen atoms in total. The molecule has 1 aliphatic rings. The molecular formula is C24H39NOS3Sn. The standard InChI is InChI=1S/C21H31NOS3.3CH3.Sn/c1-4-5-6-7-8-9-10-11-12-15-17-19(16(24)13-25-17)26-18(15)20-22-21(2,3)14-23-20;;;;/h13,24H,4-12,14H2,1-3H3;3*1H3;/q;;;;+1/p-1. The van der Waals surface area contributed by atoms with Crippen LogP contribution in [0.2, 0.25) is 14.8 Å². The van der Waals surface area contributed by atoms with Gasteiger partial charge in [0.2, 0.25) is 0 Å². The average molecular weight is 572 g/mol. The number of fused-ring (bicyclic) bond motifs is 1.